The average Bonchev–Trinajstić information content (AvgIpc) is 2.51. The summed E-state index contributed by atoms with van der Waals surface area (Å²) in [6.07, 6.45) is 0.607. The number of carbonyl (C=O) groups is 3. The van der Waals surface area contributed by atoms with E-state index in [9.17, 15) is 14.4 Å². The Labute approximate surface area is 136 Å². The summed E-state index contributed by atoms with van der Waals surface area (Å²) in [7, 11) is 0. The summed E-state index contributed by atoms with van der Waals surface area (Å²) in [5, 5.41) is 14.4. The fourth-order valence-electron chi connectivity index (χ4n) is 2.08. The first kappa shape index (κ1) is 18.7. The van der Waals surface area contributed by atoms with Gasteiger partial charge >= 0.3 is 5.97 Å². The minimum absolute atomic E-state index is 0.00696. The number of carboxylic acid groups (broad SMARTS) is 1. The Hall–Kier alpha value is -2.37. The summed E-state index contributed by atoms with van der Waals surface area (Å²) >= 11 is 0. The molecule has 0 fully saturated rings. The predicted octanol–water partition coefficient (Wildman–Crippen LogP) is 2.33. The van der Waals surface area contributed by atoms with Crippen molar-refractivity contribution in [2.24, 2.45) is 5.92 Å². The molecule has 1 rings (SSSR count). The van der Waals surface area contributed by atoms with Crippen molar-refractivity contribution in [1.82, 2.24) is 5.32 Å². The third-order valence-corrected chi connectivity index (χ3v) is 3.79. The van der Waals surface area contributed by atoms with Gasteiger partial charge in [0.25, 0.3) is 0 Å². The van der Waals surface area contributed by atoms with Crippen molar-refractivity contribution >= 4 is 23.5 Å². The summed E-state index contributed by atoms with van der Waals surface area (Å²) in [5.41, 5.74) is 1.65. The van der Waals surface area contributed by atoms with Crippen LogP contribution in [0.1, 0.15) is 38.7 Å². The molecule has 0 saturated carbocycles. The molecule has 23 heavy (non-hydrogen) atoms. The van der Waals surface area contributed by atoms with Gasteiger partial charge in [-0.25, -0.2) is 4.79 Å². The SMILES string of the molecule is CCC(C)C(NC(=O)CCC(=O)Nc1ccccc1C)C(=O)O. The molecule has 1 aromatic carbocycles. The van der Waals surface area contributed by atoms with Crippen molar-refractivity contribution in [3.8, 4) is 0 Å². The van der Waals surface area contributed by atoms with Gasteiger partial charge in [0.1, 0.15) is 6.04 Å². The van der Waals surface area contributed by atoms with Crippen molar-refractivity contribution in [3.63, 3.8) is 0 Å². The maximum atomic E-state index is 11.9. The Morgan fingerprint density at radius 3 is 2.30 bits per heavy atom. The predicted molar refractivity (Wildman–Crippen MR) is 88.1 cm³/mol. The lowest BCUT2D eigenvalue weighted by Crippen LogP contribution is -2.45. The lowest BCUT2D eigenvalue weighted by Gasteiger charge is -2.20. The lowest BCUT2D eigenvalue weighted by molar-refractivity contribution is -0.143. The normalized spacial score (nSPS) is 13.0. The maximum Gasteiger partial charge on any atom is 0.326 e. The van der Waals surface area contributed by atoms with E-state index < -0.39 is 17.9 Å². The van der Waals surface area contributed by atoms with Crippen LogP contribution in [0.3, 0.4) is 0 Å². The molecule has 0 aliphatic carbocycles. The third kappa shape index (κ3) is 6.10. The maximum absolute atomic E-state index is 11.9. The second kappa shape index (κ2) is 8.92. The van der Waals surface area contributed by atoms with E-state index in [1.807, 2.05) is 32.0 Å². The van der Waals surface area contributed by atoms with Crippen LogP contribution in [0.15, 0.2) is 24.3 Å². The molecule has 0 radical (unpaired) electrons. The Morgan fingerprint density at radius 2 is 1.74 bits per heavy atom. The molecule has 3 N–H and O–H groups in total. The van der Waals surface area contributed by atoms with Crippen molar-refractivity contribution in [2.45, 2.75) is 46.1 Å². The molecular weight excluding hydrogens is 296 g/mol. The van der Waals surface area contributed by atoms with E-state index in [1.165, 1.54) is 0 Å². The van der Waals surface area contributed by atoms with E-state index in [2.05, 4.69) is 10.6 Å². The number of hydrogen-bond donors (Lipinski definition) is 3. The van der Waals surface area contributed by atoms with Gasteiger partial charge in [0, 0.05) is 18.5 Å². The van der Waals surface area contributed by atoms with Crippen LogP contribution in [-0.2, 0) is 14.4 Å². The lowest BCUT2D eigenvalue weighted by atomic mass is 9.99. The zero-order valence-corrected chi connectivity index (χ0v) is 13.8. The van der Waals surface area contributed by atoms with Gasteiger partial charge in [0.15, 0.2) is 0 Å². The molecule has 0 spiro atoms. The quantitative estimate of drug-likeness (QED) is 0.685. The first-order valence-electron chi connectivity index (χ1n) is 7.72. The number of anilines is 1. The zero-order valence-electron chi connectivity index (χ0n) is 13.8. The van der Waals surface area contributed by atoms with E-state index in [0.717, 1.165) is 5.56 Å². The van der Waals surface area contributed by atoms with Crippen molar-refractivity contribution < 1.29 is 19.5 Å². The van der Waals surface area contributed by atoms with Gasteiger partial charge < -0.3 is 15.7 Å². The molecule has 0 saturated heterocycles. The van der Waals surface area contributed by atoms with Crippen LogP contribution in [0.5, 0.6) is 0 Å². The number of rotatable bonds is 8. The zero-order chi connectivity index (χ0) is 17.4. The molecule has 0 aliphatic rings. The van der Waals surface area contributed by atoms with Gasteiger partial charge in [0.05, 0.1) is 0 Å². The van der Waals surface area contributed by atoms with Crippen LogP contribution in [0.4, 0.5) is 5.69 Å². The number of hydrogen-bond acceptors (Lipinski definition) is 3. The number of aryl methyl sites for hydroxylation is 1. The Kier molecular flexibility index (Phi) is 7.25. The van der Waals surface area contributed by atoms with Crippen LogP contribution < -0.4 is 10.6 Å². The number of aliphatic carboxylic acids is 1. The van der Waals surface area contributed by atoms with E-state index in [0.29, 0.717) is 12.1 Å². The molecule has 2 amide bonds. The van der Waals surface area contributed by atoms with E-state index >= 15 is 0 Å². The van der Waals surface area contributed by atoms with Crippen LogP contribution in [0.25, 0.3) is 0 Å². The Balaban J connectivity index is 2.47. The van der Waals surface area contributed by atoms with Crippen LogP contribution in [-0.4, -0.2) is 28.9 Å². The summed E-state index contributed by atoms with van der Waals surface area (Å²) in [6, 6.07) is 6.44. The molecule has 0 aliphatic heterocycles. The number of carboxylic acids is 1. The van der Waals surface area contributed by atoms with Crippen molar-refractivity contribution in [2.75, 3.05) is 5.32 Å². The standard InChI is InChI=1S/C17H24N2O4/c1-4-11(2)16(17(22)23)19-15(21)10-9-14(20)18-13-8-6-5-7-12(13)3/h5-8,11,16H,4,9-10H2,1-3H3,(H,18,20)(H,19,21)(H,22,23). The Morgan fingerprint density at radius 1 is 1.13 bits per heavy atom. The summed E-state index contributed by atoms with van der Waals surface area (Å²) in [5.74, 6) is -1.93. The highest BCUT2D eigenvalue weighted by molar-refractivity contribution is 5.94. The number of para-hydroxylation sites is 1. The average molecular weight is 320 g/mol. The third-order valence-electron chi connectivity index (χ3n) is 3.79. The minimum Gasteiger partial charge on any atom is -0.480 e. The van der Waals surface area contributed by atoms with E-state index in [1.54, 1.807) is 13.0 Å². The molecule has 6 nitrogen and oxygen atoms in total. The van der Waals surface area contributed by atoms with E-state index in [-0.39, 0.29) is 24.7 Å². The highest BCUT2D eigenvalue weighted by Crippen LogP contribution is 2.13. The second-order valence-corrected chi connectivity index (χ2v) is 5.63. The molecule has 1 aromatic rings. The van der Waals surface area contributed by atoms with Crippen LogP contribution in [0, 0.1) is 12.8 Å². The van der Waals surface area contributed by atoms with Gasteiger partial charge in [-0.15, -0.1) is 0 Å². The first-order chi connectivity index (χ1) is 10.8. The molecule has 2 atom stereocenters. The van der Waals surface area contributed by atoms with Gasteiger partial charge in [-0.1, -0.05) is 38.5 Å². The van der Waals surface area contributed by atoms with Gasteiger partial charge in [-0.05, 0) is 24.5 Å². The first-order valence-corrected chi connectivity index (χ1v) is 7.72. The van der Waals surface area contributed by atoms with Crippen LogP contribution >= 0.6 is 0 Å². The largest absolute Gasteiger partial charge is 0.480 e. The fraction of sp³-hybridized carbons (Fsp3) is 0.471. The topological polar surface area (TPSA) is 95.5 Å². The number of amides is 2. The molecule has 126 valence electrons. The molecule has 0 bridgehead atoms. The molecule has 0 aromatic heterocycles. The molecule has 2 unspecified atom stereocenters. The highest BCUT2D eigenvalue weighted by atomic mass is 16.4. The molecular formula is C17H24N2O4. The Bertz CT molecular complexity index is 571. The fourth-order valence-corrected chi connectivity index (χ4v) is 2.08. The molecule has 0 heterocycles. The van der Waals surface area contributed by atoms with E-state index in [4.69, 9.17) is 5.11 Å². The minimum atomic E-state index is -1.06. The summed E-state index contributed by atoms with van der Waals surface area (Å²) in [6.45, 7) is 5.51. The van der Waals surface area contributed by atoms with Gasteiger partial charge in [0.2, 0.25) is 11.8 Å². The van der Waals surface area contributed by atoms with Crippen molar-refractivity contribution in [3.05, 3.63) is 29.8 Å². The van der Waals surface area contributed by atoms with Crippen molar-refractivity contribution in [1.29, 1.82) is 0 Å². The second-order valence-electron chi connectivity index (χ2n) is 5.63. The monoisotopic (exact) mass is 320 g/mol. The smallest absolute Gasteiger partial charge is 0.326 e. The summed E-state index contributed by atoms with van der Waals surface area (Å²) < 4.78 is 0. The number of carbonyl (C=O) groups excluding carboxylic acids is 2. The molecule has 6 heteroatoms. The number of benzene rings is 1. The highest BCUT2D eigenvalue weighted by Gasteiger charge is 2.25. The van der Waals surface area contributed by atoms with Gasteiger partial charge in [-0.3, -0.25) is 9.59 Å². The van der Waals surface area contributed by atoms with Gasteiger partial charge in [-0.2, -0.15) is 0 Å². The summed E-state index contributed by atoms with van der Waals surface area (Å²) in [4.78, 5) is 34.9. The number of nitrogens with one attached hydrogen (secondary N) is 2. The van der Waals surface area contributed by atoms with Crippen LogP contribution in [0.2, 0.25) is 0 Å².